The molecule has 0 radical (unpaired) electrons. The lowest BCUT2D eigenvalue weighted by atomic mass is 10.1. The van der Waals surface area contributed by atoms with Crippen molar-refractivity contribution in [2.45, 2.75) is 6.04 Å². The van der Waals surface area contributed by atoms with E-state index in [1.807, 2.05) is 68.7 Å². The summed E-state index contributed by atoms with van der Waals surface area (Å²) in [5, 5.41) is 7.63. The second-order valence-electron chi connectivity index (χ2n) is 6.56. The highest BCUT2D eigenvalue weighted by atomic mass is 35.5. The molecule has 3 rings (SSSR count). The van der Waals surface area contributed by atoms with Gasteiger partial charge in [0.05, 0.1) is 30.7 Å². The fraction of sp³-hybridized carbons (Fsp3) is 0.238. The zero-order valence-electron chi connectivity index (χ0n) is 16.1. The van der Waals surface area contributed by atoms with Crippen molar-refractivity contribution in [2.75, 3.05) is 33.1 Å². The summed E-state index contributed by atoms with van der Waals surface area (Å²) >= 11 is 6.33. The summed E-state index contributed by atoms with van der Waals surface area (Å²) in [6.45, 7) is 0.565. The molecular formula is C21H23ClN4O2. The Morgan fingerprint density at radius 1 is 1.14 bits per heavy atom. The highest BCUT2D eigenvalue weighted by Crippen LogP contribution is 2.23. The molecule has 0 saturated carbocycles. The third kappa shape index (κ3) is 4.35. The average molecular weight is 399 g/mol. The minimum absolute atomic E-state index is 0.0820. The van der Waals surface area contributed by atoms with Crippen molar-refractivity contribution in [3.05, 3.63) is 81.7 Å². The van der Waals surface area contributed by atoms with Crippen LogP contribution >= 0.6 is 11.6 Å². The van der Waals surface area contributed by atoms with E-state index in [9.17, 15) is 4.79 Å². The minimum Gasteiger partial charge on any atom is -0.497 e. The van der Waals surface area contributed by atoms with Gasteiger partial charge in [-0.1, -0.05) is 41.9 Å². The number of ether oxygens (including phenoxy) is 1. The van der Waals surface area contributed by atoms with Crippen LogP contribution < -0.4 is 15.6 Å². The first-order valence-corrected chi connectivity index (χ1v) is 9.26. The Kier molecular flexibility index (Phi) is 6.34. The van der Waals surface area contributed by atoms with E-state index < -0.39 is 0 Å². The number of nitrogens with zero attached hydrogens (tertiary/aromatic N) is 3. The Balaban J connectivity index is 1.80. The van der Waals surface area contributed by atoms with E-state index in [1.54, 1.807) is 13.3 Å². The molecule has 0 fully saturated rings. The fourth-order valence-corrected chi connectivity index (χ4v) is 3.14. The van der Waals surface area contributed by atoms with Gasteiger partial charge in [-0.3, -0.25) is 4.79 Å². The van der Waals surface area contributed by atoms with Crippen molar-refractivity contribution in [1.29, 1.82) is 0 Å². The quantitative estimate of drug-likeness (QED) is 0.658. The normalized spacial score (nSPS) is 12.0. The molecule has 0 saturated heterocycles. The number of likely N-dealkylation sites (N-methyl/N-ethyl adjacent to an activating group) is 1. The van der Waals surface area contributed by atoms with Crippen LogP contribution in [0.2, 0.25) is 5.02 Å². The molecule has 0 unspecified atom stereocenters. The van der Waals surface area contributed by atoms with Crippen molar-refractivity contribution in [1.82, 2.24) is 14.7 Å². The highest BCUT2D eigenvalue weighted by molar-refractivity contribution is 6.32. The molecule has 0 aliphatic heterocycles. The Labute approximate surface area is 169 Å². The molecule has 146 valence electrons. The fourth-order valence-electron chi connectivity index (χ4n) is 2.94. The largest absolute Gasteiger partial charge is 0.497 e. The van der Waals surface area contributed by atoms with E-state index in [-0.39, 0.29) is 16.6 Å². The first kappa shape index (κ1) is 19.9. The summed E-state index contributed by atoms with van der Waals surface area (Å²) in [4.78, 5) is 14.7. The van der Waals surface area contributed by atoms with Gasteiger partial charge >= 0.3 is 0 Å². The van der Waals surface area contributed by atoms with Crippen molar-refractivity contribution >= 4 is 17.3 Å². The highest BCUT2D eigenvalue weighted by Gasteiger charge is 2.16. The molecule has 6 nitrogen and oxygen atoms in total. The van der Waals surface area contributed by atoms with Crippen molar-refractivity contribution in [2.24, 2.45) is 0 Å². The van der Waals surface area contributed by atoms with Gasteiger partial charge in [0.15, 0.2) is 0 Å². The Morgan fingerprint density at radius 2 is 1.82 bits per heavy atom. The van der Waals surface area contributed by atoms with Gasteiger partial charge in [0.25, 0.3) is 5.56 Å². The number of rotatable bonds is 7. The molecule has 1 N–H and O–H groups in total. The van der Waals surface area contributed by atoms with E-state index in [2.05, 4.69) is 15.3 Å². The summed E-state index contributed by atoms with van der Waals surface area (Å²) in [5.74, 6) is 0.811. The molecule has 3 aromatic rings. The number of hydrogen-bond donors (Lipinski definition) is 1. The third-order valence-corrected chi connectivity index (χ3v) is 4.89. The molecule has 1 aromatic heterocycles. The third-order valence-electron chi connectivity index (χ3n) is 4.53. The summed E-state index contributed by atoms with van der Waals surface area (Å²) in [7, 11) is 5.65. The zero-order valence-corrected chi connectivity index (χ0v) is 16.8. The Morgan fingerprint density at radius 3 is 2.43 bits per heavy atom. The average Bonchev–Trinajstić information content (AvgIpc) is 2.72. The first-order chi connectivity index (χ1) is 13.5. The molecule has 7 heteroatoms. The Bertz CT molecular complexity index is 972. The lowest BCUT2D eigenvalue weighted by molar-refractivity contribution is 0.311. The summed E-state index contributed by atoms with van der Waals surface area (Å²) < 4.78 is 6.52. The van der Waals surface area contributed by atoms with Gasteiger partial charge in [-0.2, -0.15) is 9.78 Å². The smallest absolute Gasteiger partial charge is 0.292 e. The SMILES string of the molecule is COc1ccc([C@@H](CNc2cnn(-c3ccccc3)c(=O)c2Cl)N(C)C)cc1. The van der Waals surface area contributed by atoms with Crippen molar-refractivity contribution in [3.8, 4) is 11.4 Å². The van der Waals surface area contributed by atoms with Crippen LogP contribution in [0.5, 0.6) is 5.75 Å². The van der Waals surface area contributed by atoms with Gasteiger partial charge in [0.1, 0.15) is 10.8 Å². The standard InChI is InChI=1S/C21H23ClN4O2/c1-25(2)19(15-9-11-17(28-3)12-10-15)14-23-18-13-24-26(21(27)20(18)22)16-7-5-4-6-8-16/h4-13,19,23H,14H2,1-3H3/t19-/m1/s1. The molecule has 0 aliphatic rings. The van der Waals surface area contributed by atoms with E-state index >= 15 is 0 Å². The molecule has 1 atom stereocenters. The maximum absolute atomic E-state index is 12.6. The summed E-state index contributed by atoms with van der Waals surface area (Å²) in [6, 6.07) is 17.2. The molecular weight excluding hydrogens is 376 g/mol. The van der Waals surface area contributed by atoms with Gasteiger partial charge in [0.2, 0.25) is 0 Å². The summed E-state index contributed by atoms with van der Waals surface area (Å²) in [5.41, 5.74) is 1.95. The molecule has 0 amide bonds. The van der Waals surface area contributed by atoms with Crippen molar-refractivity contribution < 1.29 is 4.74 Å². The number of para-hydroxylation sites is 1. The number of benzene rings is 2. The van der Waals surface area contributed by atoms with Crippen molar-refractivity contribution in [3.63, 3.8) is 0 Å². The van der Waals surface area contributed by atoms with E-state index in [4.69, 9.17) is 16.3 Å². The monoisotopic (exact) mass is 398 g/mol. The molecule has 0 spiro atoms. The first-order valence-electron chi connectivity index (χ1n) is 8.88. The van der Waals surface area contributed by atoms with Gasteiger partial charge < -0.3 is 15.0 Å². The predicted molar refractivity (Wildman–Crippen MR) is 113 cm³/mol. The number of halogens is 1. The van der Waals surface area contributed by atoms with Gasteiger partial charge in [0, 0.05) is 6.54 Å². The number of hydrogen-bond acceptors (Lipinski definition) is 5. The molecule has 1 heterocycles. The summed E-state index contributed by atoms with van der Waals surface area (Å²) in [6.07, 6.45) is 1.58. The minimum atomic E-state index is -0.358. The predicted octanol–water partition coefficient (Wildman–Crippen LogP) is 3.61. The van der Waals surface area contributed by atoms with Gasteiger partial charge in [-0.25, -0.2) is 0 Å². The number of aromatic nitrogens is 2. The van der Waals surface area contributed by atoms with Crippen LogP contribution in [0.15, 0.2) is 65.6 Å². The van der Waals surface area contributed by atoms with Crippen LogP contribution in [-0.2, 0) is 0 Å². The van der Waals surface area contributed by atoms with Crippen LogP contribution in [0.1, 0.15) is 11.6 Å². The van der Waals surface area contributed by atoms with Crippen LogP contribution in [0, 0.1) is 0 Å². The molecule has 0 aliphatic carbocycles. The number of nitrogens with one attached hydrogen (secondary N) is 1. The lowest BCUT2D eigenvalue weighted by Gasteiger charge is -2.26. The zero-order chi connectivity index (χ0) is 20.1. The topological polar surface area (TPSA) is 59.4 Å². The van der Waals surface area contributed by atoms with Gasteiger partial charge in [-0.15, -0.1) is 0 Å². The second kappa shape index (κ2) is 8.91. The van der Waals surface area contributed by atoms with Crippen LogP contribution in [0.3, 0.4) is 0 Å². The molecule has 28 heavy (non-hydrogen) atoms. The van der Waals surface area contributed by atoms with E-state index in [1.165, 1.54) is 4.68 Å². The Hall–Kier alpha value is -2.83. The maximum atomic E-state index is 12.6. The van der Waals surface area contributed by atoms with E-state index in [0.717, 1.165) is 11.3 Å². The maximum Gasteiger partial charge on any atom is 0.292 e. The lowest BCUT2D eigenvalue weighted by Crippen LogP contribution is -2.28. The van der Waals surface area contributed by atoms with Crippen LogP contribution in [0.25, 0.3) is 5.69 Å². The molecule has 0 bridgehead atoms. The van der Waals surface area contributed by atoms with Crippen LogP contribution in [0.4, 0.5) is 5.69 Å². The second-order valence-corrected chi connectivity index (χ2v) is 6.94. The molecule has 2 aromatic carbocycles. The van der Waals surface area contributed by atoms with Crippen LogP contribution in [-0.4, -0.2) is 42.4 Å². The number of anilines is 1. The van der Waals surface area contributed by atoms with Gasteiger partial charge in [-0.05, 0) is 43.9 Å². The number of methoxy groups -OCH3 is 1. The van der Waals surface area contributed by atoms with E-state index in [0.29, 0.717) is 17.9 Å².